The lowest BCUT2D eigenvalue weighted by Gasteiger charge is -2.11. The maximum atomic E-state index is 12.3. The van der Waals surface area contributed by atoms with E-state index in [2.05, 4.69) is 25.6 Å². The lowest BCUT2D eigenvalue weighted by atomic mass is 10.1. The average Bonchev–Trinajstić information content (AvgIpc) is 2.41. The standard InChI is InChI=1S/C13H14BrN3O2S/c1-9-2-3-11(6-10(9)7-15)20(18,19)17-13-4-5-16-8-12(13)14/h2-6,8H,7,15H2,1H3,(H,16,17). The molecule has 0 atom stereocenters. The van der Waals surface area contributed by atoms with Crippen LogP contribution < -0.4 is 10.5 Å². The van der Waals surface area contributed by atoms with E-state index in [0.29, 0.717) is 16.7 Å². The normalized spacial score (nSPS) is 11.3. The zero-order valence-corrected chi connectivity index (χ0v) is 13.2. The Hall–Kier alpha value is -1.44. The van der Waals surface area contributed by atoms with Gasteiger partial charge in [0, 0.05) is 18.9 Å². The molecule has 0 unspecified atom stereocenters. The molecule has 2 aromatic rings. The van der Waals surface area contributed by atoms with Gasteiger partial charge in [0.05, 0.1) is 15.1 Å². The molecule has 0 aliphatic heterocycles. The van der Waals surface area contributed by atoms with Gasteiger partial charge in [-0.1, -0.05) is 6.07 Å². The number of sulfonamides is 1. The van der Waals surface area contributed by atoms with Crippen LogP contribution in [0.15, 0.2) is 46.0 Å². The number of hydrogen-bond donors (Lipinski definition) is 2. The third-order valence-corrected chi connectivity index (χ3v) is 4.86. The second-order valence-corrected chi connectivity index (χ2v) is 6.79. The first-order chi connectivity index (χ1) is 9.44. The molecule has 0 radical (unpaired) electrons. The minimum Gasteiger partial charge on any atom is -0.326 e. The highest BCUT2D eigenvalue weighted by Gasteiger charge is 2.16. The van der Waals surface area contributed by atoms with Crippen LogP contribution in [0.4, 0.5) is 5.69 Å². The molecule has 2 rings (SSSR count). The SMILES string of the molecule is Cc1ccc(S(=O)(=O)Nc2ccncc2Br)cc1CN. The van der Waals surface area contributed by atoms with E-state index >= 15 is 0 Å². The van der Waals surface area contributed by atoms with Crippen molar-refractivity contribution in [3.05, 3.63) is 52.3 Å². The Bertz CT molecular complexity index is 732. The number of rotatable bonds is 4. The molecule has 1 aromatic heterocycles. The molecule has 106 valence electrons. The molecule has 5 nitrogen and oxygen atoms in total. The van der Waals surface area contributed by atoms with Crippen LogP contribution in [0, 0.1) is 6.92 Å². The van der Waals surface area contributed by atoms with Crippen molar-refractivity contribution in [1.29, 1.82) is 0 Å². The fourth-order valence-electron chi connectivity index (χ4n) is 1.70. The van der Waals surface area contributed by atoms with Crippen molar-refractivity contribution < 1.29 is 8.42 Å². The van der Waals surface area contributed by atoms with Crippen LogP contribution in [-0.4, -0.2) is 13.4 Å². The van der Waals surface area contributed by atoms with Crippen molar-refractivity contribution in [2.45, 2.75) is 18.4 Å². The molecule has 1 aromatic carbocycles. The Kier molecular flexibility index (Phi) is 4.42. The first-order valence-electron chi connectivity index (χ1n) is 5.86. The van der Waals surface area contributed by atoms with E-state index < -0.39 is 10.0 Å². The highest BCUT2D eigenvalue weighted by molar-refractivity contribution is 9.10. The Morgan fingerprint density at radius 2 is 2.10 bits per heavy atom. The fourth-order valence-corrected chi connectivity index (χ4v) is 3.31. The smallest absolute Gasteiger partial charge is 0.261 e. The number of anilines is 1. The molecule has 0 fully saturated rings. The van der Waals surface area contributed by atoms with Gasteiger partial charge in [0.15, 0.2) is 0 Å². The molecular formula is C13H14BrN3O2S. The van der Waals surface area contributed by atoms with Crippen molar-refractivity contribution in [3.8, 4) is 0 Å². The van der Waals surface area contributed by atoms with Crippen LogP contribution in [0.5, 0.6) is 0 Å². The van der Waals surface area contributed by atoms with E-state index in [1.807, 2.05) is 6.92 Å². The molecule has 7 heteroatoms. The zero-order valence-electron chi connectivity index (χ0n) is 10.8. The van der Waals surface area contributed by atoms with Crippen LogP contribution >= 0.6 is 15.9 Å². The topological polar surface area (TPSA) is 85.1 Å². The Balaban J connectivity index is 2.38. The summed E-state index contributed by atoms with van der Waals surface area (Å²) in [4.78, 5) is 4.08. The fraction of sp³-hybridized carbons (Fsp3) is 0.154. The Morgan fingerprint density at radius 3 is 2.75 bits per heavy atom. The molecular weight excluding hydrogens is 342 g/mol. The van der Waals surface area contributed by atoms with Gasteiger partial charge in [-0.05, 0) is 52.2 Å². The third kappa shape index (κ3) is 3.17. The molecule has 0 aliphatic carbocycles. The van der Waals surface area contributed by atoms with E-state index in [9.17, 15) is 8.42 Å². The molecule has 0 aliphatic rings. The minimum atomic E-state index is -3.65. The number of nitrogens with zero attached hydrogens (tertiary/aromatic N) is 1. The summed E-state index contributed by atoms with van der Waals surface area (Å²) >= 11 is 3.25. The number of pyridine rings is 1. The van der Waals surface area contributed by atoms with Crippen LogP contribution in [0.2, 0.25) is 0 Å². The van der Waals surface area contributed by atoms with Gasteiger partial charge in [0.1, 0.15) is 0 Å². The van der Waals surface area contributed by atoms with Crippen molar-refractivity contribution in [2.24, 2.45) is 5.73 Å². The molecule has 0 amide bonds. The van der Waals surface area contributed by atoms with Gasteiger partial charge in [0.2, 0.25) is 0 Å². The summed E-state index contributed by atoms with van der Waals surface area (Å²) in [6.45, 7) is 2.19. The van der Waals surface area contributed by atoms with Crippen LogP contribution in [0.1, 0.15) is 11.1 Å². The maximum Gasteiger partial charge on any atom is 0.261 e. The number of nitrogens with two attached hydrogens (primary N) is 1. The maximum absolute atomic E-state index is 12.3. The predicted octanol–water partition coefficient (Wildman–Crippen LogP) is 2.41. The summed E-state index contributed by atoms with van der Waals surface area (Å²) in [7, 11) is -3.65. The largest absolute Gasteiger partial charge is 0.326 e. The average molecular weight is 356 g/mol. The van der Waals surface area contributed by atoms with E-state index in [1.54, 1.807) is 24.3 Å². The minimum absolute atomic E-state index is 0.187. The quantitative estimate of drug-likeness (QED) is 0.881. The van der Waals surface area contributed by atoms with Gasteiger partial charge in [0.25, 0.3) is 10.0 Å². The van der Waals surface area contributed by atoms with Crippen LogP contribution in [0.25, 0.3) is 0 Å². The highest BCUT2D eigenvalue weighted by atomic mass is 79.9. The van der Waals surface area contributed by atoms with Crippen molar-refractivity contribution in [1.82, 2.24) is 4.98 Å². The number of halogens is 1. The molecule has 0 spiro atoms. The molecule has 0 saturated heterocycles. The van der Waals surface area contributed by atoms with E-state index in [1.165, 1.54) is 12.4 Å². The van der Waals surface area contributed by atoms with Crippen molar-refractivity contribution >= 4 is 31.6 Å². The molecule has 0 saturated carbocycles. The van der Waals surface area contributed by atoms with Gasteiger partial charge in [-0.25, -0.2) is 8.42 Å². The van der Waals surface area contributed by atoms with Crippen molar-refractivity contribution in [3.63, 3.8) is 0 Å². The lowest BCUT2D eigenvalue weighted by Crippen LogP contribution is -2.14. The van der Waals surface area contributed by atoms with Gasteiger partial charge in [-0.3, -0.25) is 9.71 Å². The Morgan fingerprint density at radius 1 is 1.35 bits per heavy atom. The first kappa shape index (κ1) is 15.0. The second kappa shape index (κ2) is 5.90. The number of aromatic nitrogens is 1. The summed E-state index contributed by atoms with van der Waals surface area (Å²) in [5.74, 6) is 0. The molecule has 3 N–H and O–H groups in total. The van der Waals surface area contributed by atoms with Gasteiger partial charge >= 0.3 is 0 Å². The predicted molar refractivity (Wildman–Crippen MR) is 81.8 cm³/mol. The number of aryl methyl sites for hydroxylation is 1. The van der Waals surface area contributed by atoms with Gasteiger partial charge in [-0.15, -0.1) is 0 Å². The highest BCUT2D eigenvalue weighted by Crippen LogP contribution is 2.24. The molecule has 0 bridgehead atoms. The number of hydrogen-bond acceptors (Lipinski definition) is 4. The third-order valence-electron chi connectivity index (χ3n) is 2.87. The summed E-state index contributed by atoms with van der Waals surface area (Å²) in [6.07, 6.45) is 3.04. The first-order valence-corrected chi connectivity index (χ1v) is 8.13. The summed E-state index contributed by atoms with van der Waals surface area (Å²) in [5.41, 5.74) is 7.82. The Labute approximate surface area is 126 Å². The summed E-state index contributed by atoms with van der Waals surface area (Å²) in [5, 5.41) is 0. The monoisotopic (exact) mass is 355 g/mol. The number of nitrogens with one attached hydrogen (secondary N) is 1. The lowest BCUT2D eigenvalue weighted by molar-refractivity contribution is 0.601. The molecule has 1 heterocycles. The van der Waals surface area contributed by atoms with Crippen LogP contribution in [0.3, 0.4) is 0 Å². The molecule has 20 heavy (non-hydrogen) atoms. The van der Waals surface area contributed by atoms with E-state index in [-0.39, 0.29) is 4.90 Å². The zero-order chi connectivity index (χ0) is 14.8. The second-order valence-electron chi connectivity index (χ2n) is 4.25. The van der Waals surface area contributed by atoms with Crippen LogP contribution in [-0.2, 0) is 16.6 Å². The summed E-state index contributed by atoms with van der Waals surface area (Å²) < 4.78 is 27.8. The van der Waals surface area contributed by atoms with Crippen molar-refractivity contribution in [2.75, 3.05) is 4.72 Å². The van der Waals surface area contributed by atoms with Gasteiger partial charge in [-0.2, -0.15) is 0 Å². The van der Waals surface area contributed by atoms with E-state index in [0.717, 1.165) is 11.1 Å². The van der Waals surface area contributed by atoms with E-state index in [4.69, 9.17) is 5.73 Å². The number of benzene rings is 1. The van der Waals surface area contributed by atoms with Gasteiger partial charge < -0.3 is 5.73 Å². The summed E-state index contributed by atoms with van der Waals surface area (Å²) in [6, 6.07) is 6.48.